The molecule has 3 aromatic rings. The average Bonchev–Trinajstić information content (AvgIpc) is 3.08. The van der Waals surface area contributed by atoms with E-state index >= 15 is 0 Å². The highest BCUT2D eigenvalue weighted by Gasteiger charge is 2.61. The van der Waals surface area contributed by atoms with Gasteiger partial charge in [0.25, 0.3) is 0 Å². The van der Waals surface area contributed by atoms with Crippen LogP contribution in [0.2, 0.25) is 5.02 Å². The quantitative estimate of drug-likeness (QED) is 0.572. The maximum absolute atomic E-state index is 14.4. The minimum Gasteiger partial charge on any atom is -0.348 e. The van der Waals surface area contributed by atoms with Crippen LogP contribution in [0.4, 0.5) is 10.1 Å². The Labute approximate surface area is 195 Å². The zero-order valence-corrected chi connectivity index (χ0v) is 18.4. The molecule has 0 unspecified atom stereocenters. The van der Waals surface area contributed by atoms with Gasteiger partial charge in [-0.25, -0.2) is 4.39 Å². The van der Waals surface area contributed by atoms with Crippen LogP contribution < -0.4 is 10.6 Å². The fourth-order valence-corrected chi connectivity index (χ4v) is 5.49. The molecule has 5 nitrogen and oxygen atoms in total. The number of hydrogen-bond acceptors (Lipinski definition) is 3. The summed E-state index contributed by atoms with van der Waals surface area (Å²) in [5, 5.41) is 15.8. The van der Waals surface area contributed by atoms with E-state index in [2.05, 4.69) is 16.7 Å². The van der Waals surface area contributed by atoms with E-state index in [0.717, 1.165) is 11.1 Å². The number of aryl methyl sites for hydroxylation is 1. The van der Waals surface area contributed by atoms with Crippen LogP contribution in [-0.2, 0) is 15.0 Å². The Morgan fingerprint density at radius 1 is 1.12 bits per heavy atom. The monoisotopic (exact) mass is 459 g/mol. The Morgan fingerprint density at radius 3 is 2.70 bits per heavy atom. The third-order valence-corrected chi connectivity index (χ3v) is 6.96. The summed E-state index contributed by atoms with van der Waals surface area (Å²) >= 11 is 6.28. The first-order valence-corrected chi connectivity index (χ1v) is 10.9. The second-order valence-electron chi connectivity index (χ2n) is 8.51. The van der Waals surface area contributed by atoms with Crippen LogP contribution in [-0.4, -0.2) is 11.8 Å². The number of carbonyl (C=O) groups is 2. The zero-order chi connectivity index (χ0) is 23.3. The summed E-state index contributed by atoms with van der Waals surface area (Å²) in [4.78, 5) is 26.8. The summed E-state index contributed by atoms with van der Waals surface area (Å²) in [6.45, 7) is 1.82. The molecule has 2 heterocycles. The molecule has 0 aromatic heterocycles. The molecule has 2 N–H and O–H groups in total. The van der Waals surface area contributed by atoms with Crippen molar-refractivity contribution in [1.82, 2.24) is 5.32 Å². The SMILES string of the molecule is Cc1ccc(F)cc1[C@H]1NC(=O)C[C@@H](c2cccc(Cl)c2)[C@]12C(=O)Nc1cc(C#N)ccc12. The van der Waals surface area contributed by atoms with Crippen LogP contribution in [0.3, 0.4) is 0 Å². The molecule has 164 valence electrons. The molecular weight excluding hydrogens is 441 g/mol. The van der Waals surface area contributed by atoms with Crippen molar-refractivity contribution >= 4 is 29.1 Å². The van der Waals surface area contributed by atoms with Crippen molar-refractivity contribution < 1.29 is 14.0 Å². The molecule has 0 aliphatic carbocycles. The molecule has 0 radical (unpaired) electrons. The van der Waals surface area contributed by atoms with Crippen molar-refractivity contribution in [2.24, 2.45) is 0 Å². The van der Waals surface area contributed by atoms with Gasteiger partial charge in [-0.2, -0.15) is 5.26 Å². The van der Waals surface area contributed by atoms with Gasteiger partial charge in [-0.3, -0.25) is 9.59 Å². The first-order chi connectivity index (χ1) is 15.8. The van der Waals surface area contributed by atoms with Crippen molar-refractivity contribution in [3.63, 3.8) is 0 Å². The minimum atomic E-state index is -1.26. The summed E-state index contributed by atoms with van der Waals surface area (Å²) in [5.74, 6) is -1.57. The van der Waals surface area contributed by atoms with Crippen LogP contribution in [0.15, 0.2) is 60.7 Å². The molecule has 5 rings (SSSR count). The second kappa shape index (κ2) is 7.72. The van der Waals surface area contributed by atoms with E-state index in [-0.39, 0.29) is 18.2 Å². The van der Waals surface area contributed by atoms with Gasteiger partial charge in [-0.15, -0.1) is 0 Å². The zero-order valence-electron chi connectivity index (χ0n) is 17.7. The molecule has 2 amide bonds. The van der Waals surface area contributed by atoms with Gasteiger partial charge in [0.1, 0.15) is 11.2 Å². The lowest BCUT2D eigenvalue weighted by molar-refractivity contribution is -0.131. The summed E-state index contributed by atoms with van der Waals surface area (Å²) in [5.41, 5.74) is 2.34. The van der Waals surface area contributed by atoms with Crippen molar-refractivity contribution in [3.8, 4) is 6.07 Å². The molecule has 33 heavy (non-hydrogen) atoms. The third-order valence-electron chi connectivity index (χ3n) is 6.72. The smallest absolute Gasteiger partial charge is 0.238 e. The predicted octanol–water partition coefficient (Wildman–Crippen LogP) is 4.89. The number of nitriles is 1. The van der Waals surface area contributed by atoms with Crippen LogP contribution in [0, 0.1) is 24.1 Å². The van der Waals surface area contributed by atoms with Crippen molar-refractivity contribution in [2.45, 2.75) is 30.7 Å². The van der Waals surface area contributed by atoms with Gasteiger partial charge in [0.15, 0.2) is 0 Å². The number of carbonyl (C=O) groups excluding carboxylic acids is 2. The van der Waals surface area contributed by atoms with Gasteiger partial charge in [0.05, 0.1) is 17.7 Å². The standard InChI is InChI=1S/C26H19ClFN3O2/c1-14-5-7-18(28)11-19(14)24-26(20-8-6-15(13-29)9-22(20)30-25(26)33)21(12-23(32)31-24)16-3-2-4-17(27)10-16/h2-11,21,24H,12H2,1H3,(H,30,33)(H,31,32)/t21-,24+,26-/m0/s1. The number of nitrogens with zero attached hydrogens (tertiary/aromatic N) is 1. The number of anilines is 1. The molecule has 3 aromatic carbocycles. The number of amides is 2. The van der Waals surface area contributed by atoms with E-state index in [0.29, 0.717) is 27.4 Å². The predicted molar refractivity (Wildman–Crippen MR) is 122 cm³/mol. The number of fused-ring (bicyclic) bond motifs is 2. The van der Waals surface area contributed by atoms with Crippen molar-refractivity contribution in [2.75, 3.05) is 5.32 Å². The average molecular weight is 460 g/mol. The van der Waals surface area contributed by atoms with Gasteiger partial charge in [0, 0.05) is 23.0 Å². The summed E-state index contributed by atoms with van der Waals surface area (Å²) < 4.78 is 14.4. The van der Waals surface area contributed by atoms with E-state index in [1.807, 2.05) is 13.0 Å². The first kappa shape index (κ1) is 21.2. The van der Waals surface area contributed by atoms with E-state index in [1.54, 1.807) is 42.5 Å². The number of halogens is 2. The highest BCUT2D eigenvalue weighted by atomic mass is 35.5. The van der Waals surface area contributed by atoms with Gasteiger partial charge >= 0.3 is 0 Å². The van der Waals surface area contributed by atoms with Crippen LogP contribution in [0.1, 0.15) is 46.2 Å². The van der Waals surface area contributed by atoms with Gasteiger partial charge in [-0.1, -0.05) is 35.9 Å². The maximum atomic E-state index is 14.4. The lowest BCUT2D eigenvalue weighted by Gasteiger charge is -2.46. The molecule has 1 fully saturated rings. The summed E-state index contributed by atoms with van der Waals surface area (Å²) in [6, 6.07) is 17.8. The fourth-order valence-electron chi connectivity index (χ4n) is 5.29. The number of nitrogens with one attached hydrogen (secondary N) is 2. The molecular formula is C26H19ClFN3O2. The number of benzene rings is 3. The van der Waals surface area contributed by atoms with Crippen LogP contribution in [0.25, 0.3) is 0 Å². The van der Waals surface area contributed by atoms with Crippen LogP contribution in [0.5, 0.6) is 0 Å². The summed E-state index contributed by atoms with van der Waals surface area (Å²) in [6.07, 6.45) is 0.0536. The lowest BCUT2D eigenvalue weighted by Crippen LogP contribution is -2.57. The van der Waals surface area contributed by atoms with E-state index in [4.69, 9.17) is 11.6 Å². The second-order valence-corrected chi connectivity index (χ2v) is 8.94. The van der Waals surface area contributed by atoms with Gasteiger partial charge in [-0.05, 0) is 65.6 Å². The number of piperidine rings is 1. The Kier molecular flexibility index (Phi) is 4.95. The lowest BCUT2D eigenvalue weighted by atomic mass is 9.59. The molecule has 1 spiro atoms. The molecule has 0 saturated carbocycles. The molecule has 7 heteroatoms. The third kappa shape index (κ3) is 3.20. The largest absolute Gasteiger partial charge is 0.348 e. The van der Waals surface area contributed by atoms with E-state index < -0.39 is 23.2 Å². The van der Waals surface area contributed by atoms with Crippen LogP contribution >= 0.6 is 11.6 Å². The Hall–Kier alpha value is -3.69. The first-order valence-electron chi connectivity index (χ1n) is 10.5. The van der Waals surface area contributed by atoms with Crippen molar-refractivity contribution in [1.29, 1.82) is 5.26 Å². The normalized spacial score (nSPS) is 23.6. The number of rotatable bonds is 2. The Morgan fingerprint density at radius 2 is 1.94 bits per heavy atom. The molecule has 2 aliphatic heterocycles. The molecule has 3 atom stereocenters. The molecule has 2 aliphatic rings. The van der Waals surface area contributed by atoms with E-state index in [9.17, 15) is 19.2 Å². The van der Waals surface area contributed by atoms with Gasteiger partial charge in [0.2, 0.25) is 11.8 Å². The van der Waals surface area contributed by atoms with E-state index in [1.165, 1.54) is 12.1 Å². The highest BCUT2D eigenvalue weighted by Crippen LogP contribution is 2.57. The highest BCUT2D eigenvalue weighted by molar-refractivity contribution is 6.30. The Balaban J connectivity index is 1.83. The molecule has 1 saturated heterocycles. The van der Waals surface area contributed by atoms with Crippen molar-refractivity contribution in [3.05, 3.63) is 99.3 Å². The minimum absolute atomic E-state index is 0.0536. The summed E-state index contributed by atoms with van der Waals surface area (Å²) in [7, 11) is 0. The Bertz CT molecular complexity index is 1370. The fraction of sp³-hybridized carbons (Fsp3) is 0.192. The van der Waals surface area contributed by atoms with Gasteiger partial charge < -0.3 is 10.6 Å². The maximum Gasteiger partial charge on any atom is 0.238 e. The number of hydrogen-bond donors (Lipinski definition) is 2. The topological polar surface area (TPSA) is 82.0 Å². The molecule has 0 bridgehead atoms.